The maximum absolute atomic E-state index is 11.4. The minimum Gasteiger partial charge on any atom is -0.387 e. The maximum Gasteiger partial charge on any atom is 0.469 e. The number of carbonyl (C=O) groups excluding carboxylic acids is 2. The van der Waals surface area contributed by atoms with E-state index in [1.54, 1.807) is 18.7 Å². The molecule has 0 aromatic carbocycles. The maximum atomic E-state index is 11.4. The SMILES string of the molecule is C=C1NC(=O)C=CN1[C@@H]1OC(COP(=O)(O)O)[C@@H](O)[C@H]1O.C=C1NC(=O)C=CN1[C@@H]1OC(COP(=O)(O)O)[C@H]2OC(C)(C)OC21.CCCCOCCCNc1ncnc2c1ncn2[C@@H]1O[C@H](COP(=O)(O)O)[C@@H](O)[C@H]1O. The van der Waals surface area contributed by atoms with Crippen molar-refractivity contribution in [1.82, 2.24) is 40.0 Å². The highest BCUT2D eigenvalue weighted by atomic mass is 31.2. The fourth-order valence-electron chi connectivity index (χ4n) is 8.07. The van der Waals surface area contributed by atoms with E-state index in [9.17, 15) is 43.7 Å². The quantitative estimate of drug-likeness (QED) is 0.0498. The first-order chi connectivity index (χ1) is 35.6. The molecular weight excluding hydrogens is 1080 g/mol. The molecule has 2 aromatic heterocycles. The van der Waals surface area contributed by atoms with Gasteiger partial charge in [0.25, 0.3) is 11.8 Å². The second-order valence-electron chi connectivity index (χ2n) is 17.7. The Labute approximate surface area is 432 Å². The highest BCUT2D eigenvalue weighted by Crippen LogP contribution is 2.44. The normalized spacial score (nSPS) is 30.2. The van der Waals surface area contributed by atoms with Gasteiger partial charge in [0.15, 0.2) is 41.5 Å². The van der Waals surface area contributed by atoms with Crippen LogP contribution in [0.1, 0.15) is 46.3 Å². The molecule has 13 N–H and O–H groups in total. The molecule has 36 heteroatoms. The Morgan fingerprint density at radius 2 is 1.17 bits per heavy atom. The number of nitrogens with zero attached hydrogens (tertiary/aromatic N) is 6. The number of aliphatic hydroxyl groups excluding tert-OH is 4. The van der Waals surface area contributed by atoms with E-state index >= 15 is 0 Å². The molecule has 0 radical (unpaired) electrons. The Balaban J connectivity index is 0.000000189. The van der Waals surface area contributed by atoms with Gasteiger partial charge in [0.1, 0.15) is 72.9 Å². The van der Waals surface area contributed by atoms with Crippen molar-refractivity contribution in [1.29, 1.82) is 0 Å². The fourth-order valence-corrected chi connectivity index (χ4v) is 9.09. The number of hydrogen-bond acceptors (Lipinski definition) is 24. The zero-order valence-corrected chi connectivity index (χ0v) is 43.6. The third-order valence-electron chi connectivity index (χ3n) is 11.5. The third kappa shape index (κ3) is 16.4. The van der Waals surface area contributed by atoms with Gasteiger partial charge in [-0.2, -0.15) is 0 Å². The van der Waals surface area contributed by atoms with E-state index in [1.807, 2.05) is 0 Å². The van der Waals surface area contributed by atoms with Crippen molar-refractivity contribution in [2.45, 2.75) is 119 Å². The summed E-state index contributed by atoms with van der Waals surface area (Å²) in [4.78, 5) is 90.7. The molecule has 2 aromatic rings. The molecule has 76 heavy (non-hydrogen) atoms. The number of rotatable bonds is 20. The summed E-state index contributed by atoms with van der Waals surface area (Å²) in [7, 11) is -14.1. The molecule has 6 aliphatic rings. The predicted octanol–water partition coefficient (Wildman–Crippen LogP) is -2.11. The summed E-state index contributed by atoms with van der Waals surface area (Å²) >= 11 is 0. The van der Waals surface area contributed by atoms with Crippen LogP contribution in [0.25, 0.3) is 11.2 Å². The number of phosphoric ester groups is 3. The first kappa shape index (κ1) is 61.0. The average molecular weight is 1150 g/mol. The van der Waals surface area contributed by atoms with Gasteiger partial charge in [-0.1, -0.05) is 26.5 Å². The van der Waals surface area contributed by atoms with E-state index in [0.29, 0.717) is 36.0 Å². The van der Waals surface area contributed by atoms with E-state index in [-0.39, 0.29) is 18.3 Å². The number of aromatic nitrogens is 4. The second kappa shape index (κ2) is 25.7. The van der Waals surface area contributed by atoms with Crippen LogP contribution in [0.15, 0.2) is 62.0 Å². The number of amides is 2. The van der Waals surface area contributed by atoms with Crippen molar-refractivity contribution in [2.24, 2.45) is 0 Å². The number of phosphoric acid groups is 3. The van der Waals surface area contributed by atoms with Crippen molar-refractivity contribution < 1.29 is 115 Å². The average Bonchev–Trinajstić information content (AvgIpc) is 4.12. The molecule has 0 saturated carbocycles. The minimum atomic E-state index is -4.74. The Morgan fingerprint density at radius 1 is 0.684 bits per heavy atom. The summed E-state index contributed by atoms with van der Waals surface area (Å²) in [6.07, 6.45) is -1.66. The molecule has 8 rings (SSSR count). The lowest BCUT2D eigenvalue weighted by Gasteiger charge is -2.34. The van der Waals surface area contributed by atoms with Crippen LogP contribution in [0.4, 0.5) is 5.82 Å². The van der Waals surface area contributed by atoms with Crippen LogP contribution in [0.5, 0.6) is 0 Å². The zero-order chi connectivity index (χ0) is 55.9. The predicted molar refractivity (Wildman–Crippen MR) is 254 cm³/mol. The summed E-state index contributed by atoms with van der Waals surface area (Å²) in [6, 6.07) is 0. The van der Waals surface area contributed by atoms with Crippen LogP contribution in [0.2, 0.25) is 0 Å². The van der Waals surface area contributed by atoms with Gasteiger partial charge < -0.3 is 104 Å². The molecular formula is C40H62N9O24P3. The van der Waals surface area contributed by atoms with Gasteiger partial charge in [0, 0.05) is 44.3 Å². The number of fused-ring (bicyclic) bond motifs is 2. The van der Waals surface area contributed by atoms with E-state index in [1.165, 1.54) is 46.7 Å². The van der Waals surface area contributed by atoms with Crippen molar-refractivity contribution in [3.8, 4) is 0 Å². The third-order valence-corrected chi connectivity index (χ3v) is 13.0. The van der Waals surface area contributed by atoms with Crippen LogP contribution in [0, 0.1) is 0 Å². The molecule has 4 saturated heterocycles. The van der Waals surface area contributed by atoms with Crippen LogP contribution < -0.4 is 16.0 Å². The number of hydrogen-bond donors (Lipinski definition) is 13. The number of carbonyl (C=O) groups is 2. The largest absolute Gasteiger partial charge is 0.469 e. The number of aliphatic hydroxyl groups is 4. The Hall–Kier alpha value is -4.22. The van der Waals surface area contributed by atoms with Crippen LogP contribution in [-0.4, -0.2) is 204 Å². The van der Waals surface area contributed by atoms with Gasteiger partial charge in [-0.3, -0.25) is 27.7 Å². The molecule has 4 fully saturated rings. The second-order valence-corrected chi connectivity index (χ2v) is 21.4. The highest BCUT2D eigenvalue weighted by molar-refractivity contribution is 7.46. The van der Waals surface area contributed by atoms with Crippen LogP contribution >= 0.6 is 23.5 Å². The number of nitrogens with one attached hydrogen (secondary N) is 3. The van der Waals surface area contributed by atoms with E-state index < -0.39 is 122 Å². The van der Waals surface area contributed by atoms with Crippen LogP contribution in [0.3, 0.4) is 0 Å². The highest BCUT2D eigenvalue weighted by Gasteiger charge is 2.57. The van der Waals surface area contributed by atoms with Gasteiger partial charge in [0.05, 0.1) is 26.1 Å². The lowest BCUT2D eigenvalue weighted by atomic mass is 10.1. The lowest BCUT2D eigenvalue weighted by Crippen LogP contribution is -2.46. The van der Waals surface area contributed by atoms with Crippen molar-refractivity contribution >= 4 is 52.3 Å². The van der Waals surface area contributed by atoms with Crippen LogP contribution in [-0.2, 0) is 65.3 Å². The molecule has 8 heterocycles. The standard InChI is InChI=1S/C17H28N5O8P.C13H19N2O8P.C10H15N2O8P/c1-2-3-6-28-7-4-5-18-15-12-16(20-9-19-15)22(10-21-12)17-14(24)13(23)11(30-17)8-29-31(25,26)27;1-7-14-9(16)4-5-15(7)12-11-10(22-13(2,3)23-11)8(21-12)6-20-24(17,18)19;1-5-11-7(13)2-3-12(5)10-9(15)8(14)6(20-10)4-19-21(16,17)18/h9-11,13-14,17,23-24H,2-8H2,1H3,(H,18,19,20)(H2,25,26,27);4-5,8,10-12H,1,6H2,2-3H3,(H,14,16)(H2,17,18,19);2-3,6,8-10,14-15H,1,4H2,(H,11,13)(H2,16,17,18)/t11-,13-,14-,17-;8?,10-,11?,12-;6?,8-,9-,10-/m111/s1. The number of anilines is 1. The van der Waals surface area contributed by atoms with Crippen molar-refractivity contribution in [3.05, 3.63) is 62.0 Å². The van der Waals surface area contributed by atoms with Crippen molar-refractivity contribution in [3.63, 3.8) is 0 Å². The molecule has 0 bridgehead atoms. The summed E-state index contributed by atoms with van der Waals surface area (Å²) < 4.78 is 81.0. The summed E-state index contributed by atoms with van der Waals surface area (Å²) in [5, 5.41) is 48.4. The summed E-state index contributed by atoms with van der Waals surface area (Å²) in [5.41, 5.74) is 0.819. The number of ether oxygens (including phenoxy) is 6. The topological polar surface area (TPSA) is 457 Å². The molecule has 0 aliphatic carbocycles. The lowest BCUT2D eigenvalue weighted by molar-refractivity contribution is -0.202. The Kier molecular flexibility index (Phi) is 20.6. The van der Waals surface area contributed by atoms with E-state index in [2.05, 4.69) is 64.6 Å². The first-order valence-electron chi connectivity index (χ1n) is 23.1. The van der Waals surface area contributed by atoms with Gasteiger partial charge in [0.2, 0.25) is 0 Å². The summed E-state index contributed by atoms with van der Waals surface area (Å²) in [6.45, 7) is 13.3. The Bertz CT molecular complexity index is 2580. The Morgan fingerprint density at radius 3 is 1.71 bits per heavy atom. The van der Waals surface area contributed by atoms with E-state index in [4.69, 9.17) is 57.8 Å². The molecule has 6 aliphatic heterocycles. The summed E-state index contributed by atoms with van der Waals surface area (Å²) in [5.74, 6) is -0.651. The molecule has 0 spiro atoms. The molecule has 33 nitrogen and oxygen atoms in total. The van der Waals surface area contributed by atoms with Gasteiger partial charge in [-0.05, 0) is 26.7 Å². The van der Waals surface area contributed by atoms with Crippen molar-refractivity contribution in [2.75, 3.05) is 44.9 Å². The number of unbranched alkanes of at least 4 members (excludes halogenated alkanes) is 1. The first-order valence-corrected chi connectivity index (χ1v) is 27.7. The van der Waals surface area contributed by atoms with Gasteiger partial charge in [-0.15, -0.1) is 0 Å². The smallest absolute Gasteiger partial charge is 0.387 e. The molecule has 3 unspecified atom stereocenters. The zero-order valence-electron chi connectivity index (χ0n) is 40.9. The number of imidazole rings is 1. The fraction of sp³-hybridized carbons (Fsp3) is 0.625. The molecule has 2 amide bonds. The van der Waals surface area contributed by atoms with Gasteiger partial charge >= 0.3 is 23.5 Å². The minimum absolute atomic E-state index is 0.135. The van der Waals surface area contributed by atoms with E-state index in [0.717, 1.165) is 25.9 Å². The van der Waals surface area contributed by atoms with Gasteiger partial charge in [-0.25, -0.2) is 28.6 Å². The molecule has 426 valence electrons. The molecule has 12 atom stereocenters. The monoisotopic (exact) mass is 1150 g/mol.